The number of nitrogens with zero attached hydrogens (tertiary/aromatic N) is 5. The van der Waals surface area contributed by atoms with Crippen molar-refractivity contribution in [2.45, 2.75) is 83.1 Å². The summed E-state index contributed by atoms with van der Waals surface area (Å²) in [6, 6.07) is 0. The monoisotopic (exact) mass is 464 g/mol. The summed E-state index contributed by atoms with van der Waals surface area (Å²) in [5, 5.41) is 0. The first-order valence-corrected chi connectivity index (χ1v) is 13.6. The standard InChI is InChI=1S/4C6H15N.C3H9N/c4*1-4-7(5-2)6-3;1-4(2)3/h4*4-6H2,1-3H3;1-3H3. The molecule has 0 atom stereocenters. The number of hydrogen-bond acceptors (Lipinski definition) is 5. The van der Waals surface area contributed by atoms with Crippen molar-refractivity contribution in [3.63, 3.8) is 0 Å². The van der Waals surface area contributed by atoms with Gasteiger partial charge in [-0.25, -0.2) is 0 Å². The van der Waals surface area contributed by atoms with Crippen LogP contribution in [0.1, 0.15) is 83.1 Å². The first kappa shape index (κ1) is 42.0. The van der Waals surface area contributed by atoms with Gasteiger partial charge in [0, 0.05) is 0 Å². The van der Waals surface area contributed by atoms with Crippen molar-refractivity contribution < 1.29 is 0 Å². The molecule has 0 N–H and O–H groups in total. The largest absolute Gasteiger partial charge is 0.312 e. The zero-order valence-electron chi connectivity index (χ0n) is 25.7. The summed E-state index contributed by atoms with van der Waals surface area (Å²) < 4.78 is 0. The highest BCUT2D eigenvalue weighted by molar-refractivity contribution is 4.45. The first-order valence-electron chi connectivity index (χ1n) is 13.6. The highest BCUT2D eigenvalue weighted by Gasteiger charge is 1.91. The summed E-state index contributed by atoms with van der Waals surface area (Å²) in [5.74, 6) is 0. The summed E-state index contributed by atoms with van der Waals surface area (Å²) in [4.78, 5) is 11.5. The van der Waals surface area contributed by atoms with Crippen LogP contribution in [0.4, 0.5) is 0 Å². The molecule has 0 saturated heterocycles. The zero-order valence-corrected chi connectivity index (χ0v) is 25.7. The van der Waals surface area contributed by atoms with Gasteiger partial charge in [-0.2, -0.15) is 0 Å². The molecule has 0 aromatic carbocycles. The molecule has 5 nitrogen and oxygen atoms in total. The van der Waals surface area contributed by atoms with Crippen molar-refractivity contribution in [1.82, 2.24) is 24.5 Å². The fourth-order valence-corrected chi connectivity index (χ4v) is 2.68. The normalized spacial score (nSPS) is 10.1. The minimum atomic E-state index is 1.19. The molecule has 0 aromatic heterocycles. The van der Waals surface area contributed by atoms with Crippen molar-refractivity contribution >= 4 is 0 Å². The van der Waals surface area contributed by atoms with Crippen LogP contribution in [0.3, 0.4) is 0 Å². The third kappa shape index (κ3) is 43.6. The van der Waals surface area contributed by atoms with Gasteiger partial charge in [0.15, 0.2) is 0 Å². The minimum Gasteiger partial charge on any atom is -0.312 e. The summed E-state index contributed by atoms with van der Waals surface area (Å²) >= 11 is 0. The van der Waals surface area contributed by atoms with Gasteiger partial charge in [0.1, 0.15) is 0 Å². The molecule has 202 valence electrons. The van der Waals surface area contributed by atoms with Crippen LogP contribution < -0.4 is 0 Å². The van der Waals surface area contributed by atoms with E-state index in [9.17, 15) is 0 Å². The molecule has 0 radical (unpaired) electrons. The van der Waals surface area contributed by atoms with Crippen molar-refractivity contribution in [1.29, 1.82) is 0 Å². The minimum absolute atomic E-state index is 1.19. The molecule has 5 heteroatoms. The van der Waals surface area contributed by atoms with Crippen LogP contribution in [0.2, 0.25) is 0 Å². The molecule has 0 spiro atoms. The Bertz CT molecular complexity index is 186. The molecule has 0 aliphatic carbocycles. The fourth-order valence-electron chi connectivity index (χ4n) is 2.68. The van der Waals surface area contributed by atoms with Gasteiger partial charge in [-0.1, -0.05) is 83.1 Å². The molecular formula is C27H69N5. The van der Waals surface area contributed by atoms with Gasteiger partial charge >= 0.3 is 0 Å². The Hall–Kier alpha value is -0.200. The van der Waals surface area contributed by atoms with E-state index in [1.165, 1.54) is 78.5 Å². The Kier molecular flexibility index (Phi) is 50.0. The molecule has 0 saturated carbocycles. The molecule has 0 unspecified atom stereocenters. The van der Waals surface area contributed by atoms with Crippen LogP contribution in [0.15, 0.2) is 0 Å². The van der Waals surface area contributed by atoms with E-state index >= 15 is 0 Å². The van der Waals surface area contributed by atoms with Crippen LogP contribution in [-0.2, 0) is 0 Å². The molecule has 0 fully saturated rings. The number of hydrogen-bond donors (Lipinski definition) is 0. The van der Waals surface area contributed by atoms with Crippen LogP contribution in [0, 0.1) is 0 Å². The highest BCUT2D eigenvalue weighted by atomic mass is 15.1. The van der Waals surface area contributed by atoms with E-state index in [0.29, 0.717) is 0 Å². The lowest BCUT2D eigenvalue weighted by Gasteiger charge is -2.13. The Morgan fingerprint density at radius 1 is 0.250 bits per heavy atom. The molecule has 0 aliphatic rings. The van der Waals surface area contributed by atoms with Gasteiger partial charge in [0.05, 0.1) is 0 Å². The number of rotatable bonds is 12. The zero-order chi connectivity index (χ0) is 26.4. The molecule has 0 rings (SSSR count). The topological polar surface area (TPSA) is 16.2 Å². The van der Waals surface area contributed by atoms with Crippen LogP contribution in [-0.4, -0.2) is 124 Å². The summed E-state index contributed by atoms with van der Waals surface area (Å²) in [7, 11) is 6.00. The fraction of sp³-hybridized carbons (Fsp3) is 1.00. The van der Waals surface area contributed by atoms with E-state index in [1.54, 1.807) is 0 Å². The first-order chi connectivity index (χ1) is 15.1. The second-order valence-electron chi connectivity index (χ2n) is 7.82. The predicted octanol–water partition coefficient (Wildman–Crippen LogP) is 5.57. The predicted molar refractivity (Wildman–Crippen MR) is 153 cm³/mol. The molecule has 32 heavy (non-hydrogen) atoms. The smallest absolute Gasteiger partial charge is 0.00474 e. The maximum Gasteiger partial charge on any atom is -0.00474 e. The Labute approximate surface area is 207 Å². The van der Waals surface area contributed by atoms with Crippen molar-refractivity contribution in [2.24, 2.45) is 0 Å². The third-order valence-corrected chi connectivity index (χ3v) is 5.37. The van der Waals surface area contributed by atoms with Gasteiger partial charge in [-0.05, 0) is 99.7 Å². The molecular weight excluding hydrogens is 394 g/mol. The van der Waals surface area contributed by atoms with Gasteiger partial charge in [0.25, 0.3) is 0 Å². The lowest BCUT2D eigenvalue weighted by atomic mass is 10.5. The third-order valence-electron chi connectivity index (χ3n) is 5.37. The van der Waals surface area contributed by atoms with Gasteiger partial charge < -0.3 is 24.5 Å². The lowest BCUT2D eigenvalue weighted by Crippen LogP contribution is -2.21. The van der Waals surface area contributed by atoms with E-state index < -0.39 is 0 Å². The molecule has 0 amide bonds. The SMILES string of the molecule is CCN(CC)CC.CCN(CC)CC.CCN(CC)CC.CCN(CC)CC.CN(C)C. The maximum absolute atomic E-state index is 2.38. The van der Waals surface area contributed by atoms with Crippen LogP contribution in [0.25, 0.3) is 0 Å². The highest BCUT2D eigenvalue weighted by Crippen LogP contribution is 1.83. The Morgan fingerprint density at radius 2 is 0.312 bits per heavy atom. The van der Waals surface area contributed by atoms with Crippen molar-refractivity contribution in [3.8, 4) is 0 Å². The molecule has 0 aliphatic heterocycles. The summed E-state index contributed by atoms with van der Waals surface area (Å²) in [5.41, 5.74) is 0. The summed E-state index contributed by atoms with van der Waals surface area (Å²) in [6.07, 6.45) is 0. The Balaban J connectivity index is -0.0000000960. The van der Waals surface area contributed by atoms with E-state index in [2.05, 4.69) is 103 Å². The average molecular weight is 464 g/mol. The molecule has 0 aromatic rings. The average Bonchev–Trinajstić information content (AvgIpc) is 2.79. The maximum atomic E-state index is 2.38. The van der Waals surface area contributed by atoms with Gasteiger partial charge in [0.2, 0.25) is 0 Å². The molecule has 0 bridgehead atoms. The second kappa shape index (κ2) is 38.1. The van der Waals surface area contributed by atoms with Crippen LogP contribution in [0.5, 0.6) is 0 Å². The van der Waals surface area contributed by atoms with Crippen molar-refractivity contribution in [2.75, 3.05) is 99.7 Å². The van der Waals surface area contributed by atoms with Crippen molar-refractivity contribution in [3.05, 3.63) is 0 Å². The second-order valence-corrected chi connectivity index (χ2v) is 7.82. The lowest BCUT2D eigenvalue weighted by molar-refractivity contribution is 0.321. The van der Waals surface area contributed by atoms with Crippen LogP contribution >= 0.6 is 0 Å². The Morgan fingerprint density at radius 3 is 0.312 bits per heavy atom. The molecule has 0 heterocycles. The van der Waals surface area contributed by atoms with E-state index in [1.807, 2.05) is 26.0 Å². The van der Waals surface area contributed by atoms with Gasteiger partial charge in [-0.3, -0.25) is 0 Å². The van der Waals surface area contributed by atoms with E-state index in [0.717, 1.165) is 0 Å². The van der Waals surface area contributed by atoms with E-state index in [4.69, 9.17) is 0 Å². The van der Waals surface area contributed by atoms with E-state index in [-0.39, 0.29) is 0 Å². The quantitative estimate of drug-likeness (QED) is 0.375. The van der Waals surface area contributed by atoms with Gasteiger partial charge in [-0.15, -0.1) is 0 Å². The summed E-state index contributed by atoms with van der Waals surface area (Å²) in [6.45, 7) is 40.5.